The van der Waals surface area contributed by atoms with Gasteiger partial charge in [-0.15, -0.1) is 0 Å². The van der Waals surface area contributed by atoms with Gasteiger partial charge in [-0.2, -0.15) is 0 Å². The number of aromatic nitrogens is 4. The van der Waals surface area contributed by atoms with Crippen LogP contribution in [0.3, 0.4) is 0 Å². The molecule has 5 aromatic rings. The summed E-state index contributed by atoms with van der Waals surface area (Å²) in [6.07, 6.45) is 7.20. The van der Waals surface area contributed by atoms with Crippen molar-refractivity contribution in [3.63, 3.8) is 0 Å². The molecule has 1 atom stereocenters. The summed E-state index contributed by atoms with van der Waals surface area (Å²) in [6, 6.07) is 17.6. The van der Waals surface area contributed by atoms with Crippen molar-refractivity contribution in [3.8, 4) is 11.1 Å². The van der Waals surface area contributed by atoms with E-state index >= 15 is 0 Å². The lowest BCUT2D eigenvalue weighted by Crippen LogP contribution is -2.41. The normalized spacial score (nSPS) is 15.2. The standard InChI is InChI=1S/C29H25Cl2N5O/c1-17-27(18-4-3-5-21(30)12-18)23-13-19(6-10-24(23)36(28(17)37)22-8-9-22)29(32,25-15-33-16-35(25)2)20-7-11-26(31)34-14-20/h3-7,10-16,22H,8-9,32H2,1-2H3. The highest BCUT2D eigenvalue weighted by Gasteiger charge is 2.36. The number of aryl methyl sites for hydroxylation is 1. The zero-order chi connectivity index (χ0) is 25.9. The Morgan fingerprint density at radius 3 is 2.46 bits per heavy atom. The quantitative estimate of drug-likeness (QED) is 0.283. The van der Waals surface area contributed by atoms with Crippen molar-refractivity contribution in [2.45, 2.75) is 31.3 Å². The van der Waals surface area contributed by atoms with Crippen LogP contribution in [0.15, 0.2) is 78.1 Å². The van der Waals surface area contributed by atoms with Crippen LogP contribution in [0.25, 0.3) is 22.0 Å². The van der Waals surface area contributed by atoms with E-state index in [0.717, 1.165) is 51.7 Å². The largest absolute Gasteiger partial charge is 0.336 e. The Bertz CT molecular complexity index is 1720. The number of rotatable bonds is 5. The minimum Gasteiger partial charge on any atom is -0.336 e. The molecule has 0 amide bonds. The van der Waals surface area contributed by atoms with Crippen LogP contribution in [0, 0.1) is 6.92 Å². The first-order chi connectivity index (χ1) is 17.8. The van der Waals surface area contributed by atoms with Crippen LogP contribution in [0.1, 0.15) is 41.3 Å². The number of pyridine rings is 2. The summed E-state index contributed by atoms with van der Waals surface area (Å²) >= 11 is 12.5. The van der Waals surface area contributed by atoms with Crippen LogP contribution < -0.4 is 11.3 Å². The molecule has 6 rings (SSSR count). The summed E-state index contributed by atoms with van der Waals surface area (Å²) < 4.78 is 3.85. The monoisotopic (exact) mass is 529 g/mol. The smallest absolute Gasteiger partial charge is 0.254 e. The molecule has 8 heteroatoms. The Kier molecular flexibility index (Phi) is 5.71. The molecule has 1 fully saturated rings. The maximum absolute atomic E-state index is 13.6. The van der Waals surface area contributed by atoms with E-state index in [0.29, 0.717) is 15.7 Å². The Morgan fingerprint density at radius 2 is 1.81 bits per heavy atom. The van der Waals surface area contributed by atoms with E-state index in [2.05, 4.69) is 16.0 Å². The summed E-state index contributed by atoms with van der Waals surface area (Å²) in [5.41, 5.74) is 12.0. The van der Waals surface area contributed by atoms with Gasteiger partial charge in [-0.1, -0.05) is 47.5 Å². The minimum atomic E-state index is -1.07. The fourth-order valence-corrected chi connectivity index (χ4v) is 5.61. The summed E-state index contributed by atoms with van der Waals surface area (Å²) in [4.78, 5) is 22.2. The first-order valence-corrected chi connectivity index (χ1v) is 12.9. The SMILES string of the molecule is Cc1c(-c2cccc(Cl)c2)c2cc(C(N)(c3ccc(Cl)nc3)c3cncn3C)ccc2n(C2CC2)c1=O. The zero-order valence-corrected chi connectivity index (χ0v) is 22.0. The Balaban J connectivity index is 1.70. The van der Waals surface area contributed by atoms with Crippen LogP contribution in [-0.4, -0.2) is 19.1 Å². The second-order valence-corrected chi connectivity index (χ2v) is 10.5. The summed E-state index contributed by atoms with van der Waals surface area (Å²) in [6.45, 7) is 1.89. The van der Waals surface area contributed by atoms with Crippen LogP contribution in [-0.2, 0) is 12.6 Å². The van der Waals surface area contributed by atoms with Crippen LogP contribution >= 0.6 is 23.2 Å². The van der Waals surface area contributed by atoms with Gasteiger partial charge in [-0.25, -0.2) is 9.97 Å². The zero-order valence-electron chi connectivity index (χ0n) is 20.5. The molecule has 0 aliphatic heterocycles. The molecule has 0 saturated heterocycles. The van der Waals surface area contributed by atoms with E-state index in [1.165, 1.54) is 0 Å². The highest BCUT2D eigenvalue weighted by Crippen LogP contribution is 2.42. The van der Waals surface area contributed by atoms with Crippen LogP contribution in [0.5, 0.6) is 0 Å². The first kappa shape index (κ1) is 23.9. The van der Waals surface area contributed by atoms with E-state index in [9.17, 15) is 4.79 Å². The fourth-order valence-electron chi connectivity index (χ4n) is 5.31. The molecule has 37 heavy (non-hydrogen) atoms. The van der Waals surface area contributed by atoms with Gasteiger partial charge >= 0.3 is 0 Å². The lowest BCUT2D eigenvalue weighted by molar-refractivity contribution is 0.594. The van der Waals surface area contributed by atoms with Crippen LogP contribution in [0.2, 0.25) is 10.2 Å². The van der Waals surface area contributed by atoms with Gasteiger partial charge in [0, 0.05) is 40.8 Å². The molecule has 6 nitrogen and oxygen atoms in total. The number of imidazole rings is 1. The summed E-state index contributed by atoms with van der Waals surface area (Å²) in [7, 11) is 1.92. The highest BCUT2D eigenvalue weighted by molar-refractivity contribution is 6.31. The predicted molar refractivity (Wildman–Crippen MR) is 148 cm³/mol. The molecule has 0 radical (unpaired) electrons. The molecule has 1 unspecified atom stereocenters. The molecule has 3 aromatic heterocycles. The summed E-state index contributed by atoms with van der Waals surface area (Å²) in [5, 5.41) is 1.95. The first-order valence-electron chi connectivity index (χ1n) is 12.1. The van der Waals surface area contributed by atoms with Gasteiger partial charge in [0.2, 0.25) is 0 Å². The van der Waals surface area contributed by atoms with Crippen molar-refractivity contribution in [3.05, 3.63) is 116 Å². The number of nitrogens with zero attached hydrogens (tertiary/aromatic N) is 4. The van der Waals surface area contributed by atoms with Gasteiger partial charge < -0.3 is 14.9 Å². The molecule has 1 aliphatic rings. The maximum Gasteiger partial charge on any atom is 0.254 e. The molecular formula is C29H25Cl2N5O. The van der Waals surface area contributed by atoms with E-state index < -0.39 is 5.54 Å². The molecule has 0 bridgehead atoms. The molecule has 0 spiro atoms. The number of fused-ring (bicyclic) bond motifs is 1. The molecule has 1 saturated carbocycles. The van der Waals surface area contributed by atoms with Crippen molar-refractivity contribution in [1.29, 1.82) is 0 Å². The molecule has 2 N–H and O–H groups in total. The molecule has 2 aromatic carbocycles. The third-order valence-electron chi connectivity index (χ3n) is 7.32. The second-order valence-electron chi connectivity index (χ2n) is 9.72. The fraction of sp³-hybridized carbons (Fsp3) is 0.207. The van der Waals surface area contributed by atoms with Crippen molar-refractivity contribution < 1.29 is 0 Å². The number of halogens is 2. The Labute approximate surface area is 224 Å². The molecule has 1 aliphatic carbocycles. The molecule has 186 valence electrons. The second kappa shape index (κ2) is 8.84. The van der Waals surface area contributed by atoms with E-state index in [4.69, 9.17) is 28.9 Å². The van der Waals surface area contributed by atoms with Gasteiger partial charge in [-0.05, 0) is 66.8 Å². The number of benzene rings is 2. The van der Waals surface area contributed by atoms with Crippen molar-refractivity contribution in [2.24, 2.45) is 12.8 Å². The Morgan fingerprint density at radius 1 is 1.03 bits per heavy atom. The summed E-state index contributed by atoms with van der Waals surface area (Å²) in [5.74, 6) is 0. The average Bonchev–Trinajstić information content (AvgIpc) is 3.63. The van der Waals surface area contributed by atoms with Crippen molar-refractivity contribution in [1.82, 2.24) is 19.1 Å². The van der Waals surface area contributed by atoms with Gasteiger partial charge in [0.25, 0.3) is 5.56 Å². The Hall–Kier alpha value is -3.45. The number of hydrogen-bond donors (Lipinski definition) is 1. The van der Waals surface area contributed by atoms with Gasteiger partial charge in [0.1, 0.15) is 10.7 Å². The average molecular weight is 530 g/mol. The van der Waals surface area contributed by atoms with Gasteiger partial charge in [0.15, 0.2) is 0 Å². The maximum atomic E-state index is 13.6. The predicted octanol–water partition coefficient (Wildman–Crippen LogP) is 6.00. The van der Waals surface area contributed by atoms with Crippen LogP contribution in [0.4, 0.5) is 0 Å². The van der Waals surface area contributed by atoms with Crippen molar-refractivity contribution >= 4 is 34.1 Å². The van der Waals surface area contributed by atoms with E-state index in [1.807, 2.05) is 65.6 Å². The number of nitrogens with two attached hydrogens (primary N) is 1. The lowest BCUT2D eigenvalue weighted by atomic mass is 9.80. The highest BCUT2D eigenvalue weighted by atomic mass is 35.5. The third kappa shape index (κ3) is 3.87. The lowest BCUT2D eigenvalue weighted by Gasteiger charge is -2.31. The number of hydrogen-bond acceptors (Lipinski definition) is 4. The third-order valence-corrected chi connectivity index (χ3v) is 7.78. The minimum absolute atomic E-state index is 0.0327. The van der Waals surface area contributed by atoms with Gasteiger partial charge in [-0.3, -0.25) is 4.79 Å². The topological polar surface area (TPSA) is 78.7 Å². The van der Waals surface area contributed by atoms with E-state index in [-0.39, 0.29) is 11.6 Å². The molecular weight excluding hydrogens is 505 g/mol. The molecule has 3 heterocycles. The van der Waals surface area contributed by atoms with Crippen molar-refractivity contribution in [2.75, 3.05) is 0 Å². The van der Waals surface area contributed by atoms with Gasteiger partial charge in [0.05, 0.1) is 23.7 Å². The van der Waals surface area contributed by atoms with E-state index in [1.54, 1.807) is 24.8 Å².